The number of alkyl halides is 1. The zero-order valence-corrected chi connectivity index (χ0v) is 12.3. The number of nitriles is 1. The highest BCUT2D eigenvalue weighted by molar-refractivity contribution is 5.52. The van der Waals surface area contributed by atoms with Crippen molar-refractivity contribution in [1.82, 2.24) is 4.98 Å². The van der Waals surface area contributed by atoms with Gasteiger partial charge in [0.1, 0.15) is 17.6 Å². The van der Waals surface area contributed by atoms with Gasteiger partial charge in [-0.25, -0.2) is 13.8 Å². The fourth-order valence-corrected chi connectivity index (χ4v) is 2.50. The average molecular weight is 309 g/mol. The molecule has 0 amide bonds. The number of nitrogens with zero attached hydrogens (tertiary/aromatic N) is 3. The molecular weight excluding hydrogens is 296 g/mol. The van der Waals surface area contributed by atoms with E-state index < -0.39 is 11.5 Å². The molecule has 3 nitrogen and oxygen atoms in total. The van der Waals surface area contributed by atoms with Crippen molar-refractivity contribution in [3.63, 3.8) is 0 Å². The summed E-state index contributed by atoms with van der Waals surface area (Å²) in [4.78, 5) is 5.78. The molecule has 0 aliphatic carbocycles. The van der Waals surface area contributed by atoms with Crippen LogP contribution in [0.4, 0.5) is 14.5 Å². The normalized spacial score (nSPS) is 19.8. The minimum Gasteiger partial charge on any atom is -0.367 e. The number of anilines is 1. The topological polar surface area (TPSA) is 39.9 Å². The molecule has 5 heteroatoms. The predicted octanol–water partition coefficient (Wildman–Crippen LogP) is 3.06. The molecule has 1 fully saturated rings. The van der Waals surface area contributed by atoms with Crippen molar-refractivity contribution in [2.75, 3.05) is 18.0 Å². The molecule has 0 bridgehead atoms. The van der Waals surface area contributed by atoms with E-state index in [0.29, 0.717) is 17.9 Å². The molecule has 114 valence electrons. The van der Waals surface area contributed by atoms with Gasteiger partial charge < -0.3 is 4.90 Å². The molecule has 1 unspecified atom stereocenters. The van der Waals surface area contributed by atoms with Gasteiger partial charge in [-0.3, -0.25) is 0 Å². The van der Waals surface area contributed by atoms with E-state index in [1.54, 1.807) is 41.4 Å². The van der Waals surface area contributed by atoms with Crippen LogP contribution in [0.25, 0.3) is 0 Å². The maximum atomic E-state index is 14.8. The zero-order valence-electron chi connectivity index (χ0n) is 12.3. The molecular formula is C18H13F2N3. The Morgan fingerprint density at radius 3 is 2.83 bits per heavy atom. The van der Waals surface area contributed by atoms with E-state index in [9.17, 15) is 8.78 Å². The highest BCUT2D eigenvalue weighted by Gasteiger charge is 2.37. The summed E-state index contributed by atoms with van der Waals surface area (Å²) in [5, 5.41) is 8.75. The van der Waals surface area contributed by atoms with Gasteiger partial charge in [-0.05, 0) is 36.3 Å². The first-order valence-corrected chi connectivity index (χ1v) is 7.17. The lowest BCUT2D eigenvalue weighted by molar-refractivity contribution is 0.274. The fourth-order valence-electron chi connectivity index (χ4n) is 2.50. The summed E-state index contributed by atoms with van der Waals surface area (Å²) >= 11 is 0. The Morgan fingerprint density at radius 2 is 2.13 bits per heavy atom. The predicted molar refractivity (Wildman–Crippen MR) is 82.9 cm³/mol. The van der Waals surface area contributed by atoms with Crippen molar-refractivity contribution in [2.45, 2.75) is 12.1 Å². The Morgan fingerprint density at radius 1 is 1.26 bits per heavy atom. The molecule has 3 rings (SSSR count). The number of hydrogen-bond acceptors (Lipinski definition) is 3. The molecule has 23 heavy (non-hydrogen) atoms. The number of benzene rings is 1. The molecule has 1 saturated heterocycles. The Bertz CT molecular complexity index is 818. The summed E-state index contributed by atoms with van der Waals surface area (Å²) < 4.78 is 28.5. The minimum absolute atomic E-state index is 0.0191. The summed E-state index contributed by atoms with van der Waals surface area (Å²) in [7, 11) is 0. The van der Waals surface area contributed by atoms with E-state index >= 15 is 0 Å². The smallest absolute Gasteiger partial charge is 0.190 e. The third-order valence-electron chi connectivity index (χ3n) is 3.74. The minimum atomic E-state index is -1.65. The van der Waals surface area contributed by atoms with E-state index in [1.807, 2.05) is 0 Å². The Kier molecular flexibility index (Phi) is 3.95. The van der Waals surface area contributed by atoms with Gasteiger partial charge in [0.15, 0.2) is 5.67 Å². The van der Waals surface area contributed by atoms with Crippen LogP contribution in [0.3, 0.4) is 0 Å². The SMILES string of the molecule is N#Cc1ccc(N2CCC(F)(C#Cc3ccccn3)C2)cc1F. The van der Waals surface area contributed by atoms with Crippen molar-refractivity contribution in [3.8, 4) is 17.9 Å². The molecule has 0 spiro atoms. The Balaban J connectivity index is 1.77. The van der Waals surface area contributed by atoms with Crippen molar-refractivity contribution >= 4 is 5.69 Å². The molecule has 0 N–H and O–H groups in total. The van der Waals surface area contributed by atoms with Crippen molar-refractivity contribution < 1.29 is 8.78 Å². The number of pyridine rings is 1. The van der Waals surface area contributed by atoms with Gasteiger partial charge >= 0.3 is 0 Å². The maximum Gasteiger partial charge on any atom is 0.190 e. The largest absolute Gasteiger partial charge is 0.367 e. The molecule has 1 aliphatic heterocycles. The van der Waals surface area contributed by atoms with Crippen LogP contribution in [0.2, 0.25) is 0 Å². The molecule has 1 aromatic carbocycles. The van der Waals surface area contributed by atoms with E-state index in [1.165, 1.54) is 12.1 Å². The van der Waals surface area contributed by atoms with Crippen LogP contribution >= 0.6 is 0 Å². The summed E-state index contributed by atoms with van der Waals surface area (Å²) in [6.07, 6.45) is 1.85. The lowest BCUT2D eigenvalue weighted by atomic mass is 10.1. The molecule has 1 atom stereocenters. The van der Waals surface area contributed by atoms with Gasteiger partial charge in [0.05, 0.1) is 12.1 Å². The summed E-state index contributed by atoms with van der Waals surface area (Å²) in [6.45, 7) is 0.511. The van der Waals surface area contributed by atoms with Crippen LogP contribution in [-0.4, -0.2) is 23.7 Å². The summed E-state index contributed by atoms with van der Waals surface area (Å²) in [6, 6.07) is 11.3. The maximum absolute atomic E-state index is 14.8. The van der Waals surface area contributed by atoms with Crippen LogP contribution in [0.15, 0.2) is 42.6 Å². The first-order chi connectivity index (χ1) is 11.1. The lowest BCUT2D eigenvalue weighted by Crippen LogP contribution is -2.27. The van der Waals surface area contributed by atoms with Crippen molar-refractivity contribution in [3.05, 3.63) is 59.7 Å². The quantitative estimate of drug-likeness (QED) is 0.760. The van der Waals surface area contributed by atoms with Crippen molar-refractivity contribution in [1.29, 1.82) is 5.26 Å². The Labute approximate surface area is 133 Å². The molecule has 1 aliphatic rings. The van der Waals surface area contributed by atoms with Gasteiger partial charge in [0.25, 0.3) is 0 Å². The average Bonchev–Trinajstić information content (AvgIpc) is 2.97. The van der Waals surface area contributed by atoms with E-state index in [4.69, 9.17) is 5.26 Å². The second-order valence-electron chi connectivity index (χ2n) is 5.38. The zero-order chi connectivity index (χ0) is 16.3. The summed E-state index contributed by atoms with van der Waals surface area (Å²) in [5.74, 6) is 4.80. The monoisotopic (exact) mass is 309 g/mol. The second-order valence-corrected chi connectivity index (χ2v) is 5.38. The van der Waals surface area contributed by atoms with E-state index in [2.05, 4.69) is 16.8 Å². The number of rotatable bonds is 1. The number of aromatic nitrogens is 1. The Hall–Kier alpha value is -2.92. The van der Waals surface area contributed by atoms with Crippen LogP contribution in [-0.2, 0) is 0 Å². The first-order valence-electron chi connectivity index (χ1n) is 7.17. The first kappa shape index (κ1) is 15.0. The molecule has 1 aromatic heterocycles. The summed E-state index contributed by atoms with van der Waals surface area (Å²) in [5.41, 5.74) is -0.593. The van der Waals surface area contributed by atoms with Crippen molar-refractivity contribution in [2.24, 2.45) is 0 Å². The highest BCUT2D eigenvalue weighted by Crippen LogP contribution is 2.30. The van der Waals surface area contributed by atoms with Crippen LogP contribution in [0.1, 0.15) is 17.7 Å². The molecule has 0 radical (unpaired) electrons. The van der Waals surface area contributed by atoms with Gasteiger partial charge in [-0.15, -0.1) is 0 Å². The molecule has 2 heterocycles. The van der Waals surface area contributed by atoms with Gasteiger partial charge in [-0.1, -0.05) is 12.0 Å². The number of hydrogen-bond donors (Lipinski definition) is 0. The van der Waals surface area contributed by atoms with Crippen LogP contribution < -0.4 is 4.90 Å². The third kappa shape index (κ3) is 3.30. The van der Waals surface area contributed by atoms with Gasteiger partial charge in [0, 0.05) is 24.8 Å². The molecule has 2 aromatic rings. The van der Waals surface area contributed by atoms with Crippen LogP contribution in [0.5, 0.6) is 0 Å². The molecule has 0 saturated carbocycles. The number of halogens is 2. The van der Waals surface area contributed by atoms with Crippen LogP contribution in [0, 0.1) is 29.0 Å². The highest BCUT2D eigenvalue weighted by atomic mass is 19.1. The standard InChI is InChI=1S/C18H13F2N3/c19-17-11-16(5-4-14(17)12-21)23-10-8-18(20,13-23)7-6-15-3-1-2-9-22-15/h1-5,9,11H,8,10,13H2. The van der Waals surface area contributed by atoms with Gasteiger partial charge in [-0.2, -0.15) is 5.26 Å². The lowest BCUT2D eigenvalue weighted by Gasteiger charge is -2.19. The fraction of sp³-hybridized carbons (Fsp3) is 0.222. The second kappa shape index (κ2) is 6.06. The van der Waals surface area contributed by atoms with Gasteiger partial charge in [0.2, 0.25) is 0 Å². The van der Waals surface area contributed by atoms with E-state index in [-0.39, 0.29) is 18.5 Å². The third-order valence-corrected chi connectivity index (χ3v) is 3.74. The van der Waals surface area contributed by atoms with E-state index in [0.717, 1.165) is 0 Å².